The van der Waals surface area contributed by atoms with E-state index in [2.05, 4.69) is 31.8 Å². The van der Waals surface area contributed by atoms with Crippen molar-refractivity contribution in [1.82, 2.24) is 29.7 Å². The molecule has 5 rings (SSSR count). The minimum atomic E-state index is -0.296. The molecular weight excluding hydrogens is 472 g/mol. The first-order chi connectivity index (χ1) is 18.0. The highest BCUT2D eigenvalue weighted by Gasteiger charge is 2.20. The third-order valence-electron chi connectivity index (χ3n) is 5.47. The molecule has 0 saturated heterocycles. The molecule has 3 heterocycles. The second kappa shape index (κ2) is 9.74. The van der Waals surface area contributed by atoms with E-state index in [1.807, 2.05) is 25.1 Å². The van der Waals surface area contributed by atoms with E-state index in [1.165, 1.54) is 12.4 Å². The summed E-state index contributed by atoms with van der Waals surface area (Å²) in [5.74, 6) is 0.897. The molecule has 0 atom stereocenters. The van der Waals surface area contributed by atoms with Gasteiger partial charge in [0.2, 0.25) is 5.91 Å². The van der Waals surface area contributed by atoms with Gasteiger partial charge < -0.3 is 20.5 Å². The van der Waals surface area contributed by atoms with E-state index in [0.29, 0.717) is 33.9 Å². The van der Waals surface area contributed by atoms with Crippen LogP contribution < -0.4 is 20.5 Å². The van der Waals surface area contributed by atoms with Gasteiger partial charge in [0.1, 0.15) is 17.8 Å². The molecule has 0 aliphatic carbocycles. The minimum Gasteiger partial charge on any atom is -0.493 e. The largest absolute Gasteiger partial charge is 0.493 e. The van der Waals surface area contributed by atoms with E-state index < -0.39 is 0 Å². The summed E-state index contributed by atoms with van der Waals surface area (Å²) in [6, 6.07) is 14.5. The first-order valence-electron chi connectivity index (χ1n) is 11.2. The van der Waals surface area contributed by atoms with Crippen LogP contribution in [0.3, 0.4) is 0 Å². The Labute approximate surface area is 211 Å². The van der Waals surface area contributed by atoms with Crippen LogP contribution >= 0.6 is 0 Å². The summed E-state index contributed by atoms with van der Waals surface area (Å²) in [7, 11) is 1.55. The zero-order valence-corrected chi connectivity index (χ0v) is 20.0. The smallest absolute Gasteiger partial charge is 0.322 e. The molecule has 37 heavy (non-hydrogen) atoms. The molecule has 11 heteroatoms. The highest BCUT2D eigenvalue weighted by molar-refractivity contribution is 6.00. The number of nitrogen functional groups attached to an aromatic ring is 1. The number of ether oxygens (including phenoxy) is 2. The number of hydrogen-bond donors (Lipinski definition) is 2. The summed E-state index contributed by atoms with van der Waals surface area (Å²) in [4.78, 5) is 28.6. The van der Waals surface area contributed by atoms with Crippen LogP contribution in [0.4, 0.5) is 11.5 Å². The van der Waals surface area contributed by atoms with Gasteiger partial charge in [0.15, 0.2) is 17.1 Å². The number of rotatable bonds is 7. The number of aromatic nitrogens is 6. The fourth-order valence-corrected chi connectivity index (χ4v) is 3.71. The SMILES string of the molecule is C=CC(=O)Nc1ccc(-n2nc(-c3ccc(Oc4nccc(C)n4)c(OC)c3)c3c(N)ncnc32)cc1. The van der Waals surface area contributed by atoms with Crippen molar-refractivity contribution in [2.75, 3.05) is 18.2 Å². The maximum absolute atomic E-state index is 11.6. The predicted molar refractivity (Wildman–Crippen MR) is 139 cm³/mol. The van der Waals surface area contributed by atoms with Crippen LogP contribution in [0, 0.1) is 6.92 Å². The third kappa shape index (κ3) is 4.65. The minimum absolute atomic E-state index is 0.214. The summed E-state index contributed by atoms with van der Waals surface area (Å²) in [6.07, 6.45) is 4.22. The molecule has 2 aromatic carbocycles. The number of aryl methyl sites for hydroxylation is 1. The van der Waals surface area contributed by atoms with Gasteiger partial charge in [0.25, 0.3) is 0 Å². The number of carbonyl (C=O) groups is 1. The summed E-state index contributed by atoms with van der Waals surface area (Å²) in [5, 5.41) is 8.11. The van der Waals surface area contributed by atoms with Crippen LogP contribution in [0.25, 0.3) is 28.0 Å². The first kappa shape index (κ1) is 23.4. The van der Waals surface area contributed by atoms with E-state index in [9.17, 15) is 4.79 Å². The normalized spacial score (nSPS) is 10.8. The number of hydrogen-bond acceptors (Lipinski definition) is 9. The Morgan fingerprint density at radius 1 is 1.08 bits per heavy atom. The van der Waals surface area contributed by atoms with Gasteiger partial charge in [-0.2, -0.15) is 5.10 Å². The highest BCUT2D eigenvalue weighted by Crippen LogP contribution is 2.38. The Hall–Kier alpha value is -5.32. The molecule has 1 amide bonds. The van der Waals surface area contributed by atoms with Crippen molar-refractivity contribution in [3.63, 3.8) is 0 Å². The monoisotopic (exact) mass is 494 g/mol. The van der Waals surface area contributed by atoms with Gasteiger partial charge in [0, 0.05) is 23.1 Å². The Bertz CT molecular complexity index is 1630. The van der Waals surface area contributed by atoms with Gasteiger partial charge in [-0.25, -0.2) is 24.6 Å². The number of anilines is 2. The van der Waals surface area contributed by atoms with Crippen molar-refractivity contribution in [3.05, 3.63) is 79.4 Å². The van der Waals surface area contributed by atoms with Crippen molar-refractivity contribution >= 4 is 28.4 Å². The highest BCUT2D eigenvalue weighted by atomic mass is 16.5. The summed E-state index contributed by atoms with van der Waals surface area (Å²) >= 11 is 0. The summed E-state index contributed by atoms with van der Waals surface area (Å²) < 4.78 is 13.1. The molecular formula is C26H22N8O3. The van der Waals surface area contributed by atoms with Gasteiger partial charge >= 0.3 is 6.01 Å². The predicted octanol–water partition coefficient (Wildman–Crippen LogP) is 4.09. The van der Waals surface area contributed by atoms with E-state index >= 15 is 0 Å². The number of nitrogens with two attached hydrogens (primary N) is 1. The maximum atomic E-state index is 11.6. The number of nitrogens with zero attached hydrogens (tertiary/aromatic N) is 6. The lowest BCUT2D eigenvalue weighted by atomic mass is 10.1. The molecule has 0 spiro atoms. The average molecular weight is 495 g/mol. The van der Waals surface area contributed by atoms with Crippen molar-refractivity contribution in [2.24, 2.45) is 0 Å². The van der Waals surface area contributed by atoms with Gasteiger partial charge in [-0.05, 0) is 61.5 Å². The van der Waals surface area contributed by atoms with Crippen LogP contribution in [-0.4, -0.2) is 42.7 Å². The third-order valence-corrected chi connectivity index (χ3v) is 5.47. The number of carbonyl (C=O) groups excluding carboxylic acids is 1. The van der Waals surface area contributed by atoms with Gasteiger partial charge in [-0.15, -0.1) is 0 Å². The molecule has 0 radical (unpaired) electrons. The fraction of sp³-hybridized carbons (Fsp3) is 0.0769. The van der Waals surface area contributed by atoms with Gasteiger partial charge in [-0.3, -0.25) is 4.79 Å². The van der Waals surface area contributed by atoms with Crippen molar-refractivity contribution in [2.45, 2.75) is 6.92 Å². The quantitative estimate of drug-likeness (QED) is 0.320. The molecule has 0 bridgehead atoms. The number of amides is 1. The molecule has 3 aromatic heterocycles. The molecule has 3 N–H and O–H groups in total. The zero-order chi connectivity index (χ0) is 25.9. The Balaban J connectivity index is 1.56. The first-order valence-corrected chi connectivity index (χ1v) is 11.2. The Kier molecular flexibility index (Phi) is 6.17. The maximum Gasteiger partial charge on any atom is 0.322 e. The number of nitrogens with one attached hydrogen (secondary N) is 1. The number of benzene rings is 2. The second-order valence-electron chi connectivity index (χ2n) is 7.91. The van der Waals surface area contributed by atoms with E-state index in [1.54, 1.807) is 48.3 Å². The molecule has 5 aromatic rings. The molecule has 11 nitrogen and oxygen atoms in total. The lowest BCUT2D eigenvalue weighted by molar-refractivity contribution is -0.111. The molecule has 0 aliphatic rings. The van der Waals surface area contributed by atoms with Crippen LogP contribution in [0.2, 0.25) is 0 Å². The molecule has 0 unspecified atom stereocenters. The van der Waals surface area contributed by atoms with Crippen LogP contribution in [0.1, 0.15) is 5.69 Å². The van der Waals surface area contributed by atoms with Crippen molar-refractivity contribution in [3.8, 4) is 34.5 Å². The van der Waals surface area contributed by atoms with Crippen molar-refractivity contribution in [1.29, 1.82) is 0 Å². The Morgan fingerprint density at radius 3 is 2.62 bits per heavy atom. The molecule has 184 valence electrons. The van der Waals surface area contributed by atoms with Crippen LogP contribution in [0.5, 0.6) is 17.5 Å². The molecule has 0 aliphatic heterocycles. The summed E-state index contributed by atoms with van der Waals surface area (Å²) in [5.41, 5.74) is 10.2. The molecule has 0 saturated carbocycles. The van der Waals surface area contributed by atoms with Crippen LogP contribution in [0.15, 0.2) is 73.7 Å². The molecule has 0 fully saturated rings. The van der Waals surface area contributed by atoms with Crippen molar-refractivity contribution < 1.29 is 14.3 Å². The summed E-state index contributed by atoms with van der Waals surface area (Å²) in [6.45, 7) is 5.32. The fourth-order valence-electron chi connectivity index (χ4n) is 3.71. The number of methoxy groups -OCH3 is 1. The Morgan fingerprint density at radius 2 is 1.89 bits per heavy atom. The van der Waals surface area contributed by atoms with Gasteiger partial charge in [0.05, 0.1) is 18.2 Å². The lowest BCUT2D eigenvalue weighted by Gasteiger charge is -2.10. The lowest BCUT2D eigenvalue weighted by Crippen LogP contribution is -2.07. The van der Waals surface area contributed by atoms with Gasteiger partial charge in [-0.1, -0.05) is 6.58 Å². The zero-order valence-electron chi connectivity index (χ0n) is 20.0. The van der Waals surface area contributed by atoms with Crippen LogP contribution in [-0.2, 0) is 4.79 Å². The van der Waals surface area contributed by atoms with E-state index in [0.717, 1.165) is 16.9 Å². The van der Waals surface area contributed by atoms with E-state index in [4.69, 9.17) is 20.3 Å². The number of fused-ring (bicyclic) bond motifs is 1. The van der Waals surface area contributed by atoms with E-state index in [-0.39, 0.29) is 17.7 Å². The average Bonchev–Trinajstić information content (AvgIpc) is 3.30. The second-order valence-corrected chi connectivity index (χ2v) is 7.91. The topological polar surface area (TPSA) is 143 Å². The standard InChI is InChI=1S/C26H22N8O3/c1-4-21(35)32-17-6-8-18(9-7-17)34-25-22(24(27)29-14-30-25)23(33-34)16-5-10-19(20(13-16)36-3)37-26-28-12-11-15(2)31-26/h4-14H,1H2,2-3H3,(H,32,35)(H2,27,29,30).